The van der Waals surface area contributed by atoms with Crippen molar-refractivity contribution in [3.63, 3.8) is 0 Å². The molecule has 1 aliphatic rings. The summed E-state index contributed by atoms with van der Waals surface area (Å²) in [6.45, 7) is 6.55. The van der Waals surface area contributed by atoms with E-state index in [0.29, 0.717) is 49.1 Å². The largest absolute Gasteiger partial charge is 0.444 e. The van der Waals surface area contributed by atoms with Gasteiger partial charge in [-0.1, -0.05) is 12.1 Å². The molecule has 1 aromatic carbocycles. The van der Waals surface area contributed by atoms with Crippen molar-refractivity contribution in [3.05, 3.63) is 40.4 Å². The van der Waals surface area contributed by atoms with Gasteiger partial charge in [0.2, 0.25) is 5.91 Å². The quantitative estimate of drug-likeness (QED) is 0.735. The third-order valence-corrected chi connectivity index (χ3v) is 5.29. The highest BCUT2D eigenvalue weighted by molar-refractivity contribution is 5.77. The summed E-state index contributed by atoms with van der Waals surface area (Å²) >= 11 is 0. The Balaban J connectivity index is 1.52. The Morgan fingerprint density at radius 3 is 2.81 bits per heavy atom. The lowest BCUT2D eigenvalue weighted by Gasteiger charge is -2.36. The number of benzene rings is 1. The molecule has 168 valence electrons. The number of aromatic amines is 1. The van der Waals surface area contributed by atoms with Crippen LogP contribution in [-0.2, 0) is 16.0 Å². The van der Waals surface area contributed by atoms with Crippen LogP contribution < -0.4 is 10.9 Å². The van der Waals surface area contributed by atoms with Gasteiger partial charge in [-0.05, 0) is 58.6 Å². The number of alkyl carbamates (subject to hydrolysis) is 1. The van der Waals surface area contributed by atoms with Gasteiger partial charge in [-0.15, -0.1) is 0 Å². The smallest absolute Gasteiger partial charge is 0.407 e. The normalized spacial score (nSPS) is 16.9. The zero-order chi connectivity index (χ0) is 22.4. The number of piperidine rings is 1. The first kappa shape index (κ1) is 22.8. The van der Waals surface area contributed by atoms with Crippen LogP contribution in [0.1, 0.15) is 58.7 Å². The van der Waals surface area contributed by atoms with Gasteiger partial charge in [0.25, 0.3) is 5.56 Å². The molecule has 2 heterocycles. The maximum absolute atomic E-state index is 12.8. The number of hydrogen-bond acceptors (Lipinski definition) is 5. The van der Waals surface area contributed by atoms with Crippen molar-refractivity contribution >= 4 is 22.9 Å². The lowest BCUT2D eigenvalue weighted by atomic mass is 10.0. The topological polar surface area (TPSA) is 104 Å². The number of likely N-dealkylation sites (tertiary alicyclic amines) is 1. The Hall–Kier alpha value is -2.90. The van der Waals surface area contributed by atoms with Gasteiger partial charge in [0.15, 0.2) is 0 Å². The molecule has 8 heteroatoms. The number of carbonyl (C=O) groups is 2. The second-order valence-electron chi connectivity index (χ2n) is 9.00. The molecule has 0 radical (unpaired) electrons. The Labute approximate surface area is 182 Å². The molecule has 0 aliphatic carbocycles. The molecule has 0 saturated carbocycles. The van der Waals surface area contributed by atoms with Crippen molar-refractivity contribution in [1.82, 2.24) is 20.2 Å². The predicted octanol–water partition coefficient (Wildman–Crippen LogP) is 3.15. The molecule has 1 aromatic heterocycles. The van der Waals surface area contributed by atoms with Crippen LogP contribution in [0.3, 0.4) is 0 Å². The van der Waals surface area contributed by atoms with Crippen molar-refractivity contribution in [1.29, 1.82) is 0 Å². The van der Waals surface area contributed by atoms with Gasteiger partial charge in [0.05, 0.1) is 10.9 Å². The van der Waals surface area contributed by atoms with Gasteiger partial charge in [0.1, 0.15) is 11.4 Å². The molecular formula is C23H32N4O4. The SMILES string of the molecule is CC(C)(C)OC(=O)NCC1CCCCN1C(=O)CCCc1nc2ccccc2c(=O)[nH]1. The minimum atomic E-state index is -0.552. The highest BCUT2D eigenvalue weighted by atomic mass is 16.6. The lowest BCUT2D eigenvalue weighted by molar-refractivity contribution is -0.134. The number of hydrogen-bond donors (Lipinski definition) is 2. The van der Waals surface area contributed by atoms with Crippen LogP contribution in [-0.4, -0.2) is 51.6 Å². The molecule has 8 nitrogen and oxygen atoms in total. The molecule has 31 heavy (non-hydrogen) atoms. The number of aryl methyl sites for hydroxylation is 1. The van der Waals surface area contributed by atoms with Gasteiger partial charge in [-0.2, -0.15) is 0 Å². The fourth-order valence-electron chi connectivity index (χ4n) is 3.86. The van der Waals surface area contributed by atoms with Crippen molar-refractivity contribution in [2.24, 2.45) is 0 Å². The van der Waals surface area contributed by atoms with Crippen molar-refractivity contribution in [2.45, 2.75) is 70.9 Å². The number of nitrogens with one attached hydrogen (secondary N) is 2. The average Bonchev–Trinajstić information content (AvgIpc) is 2.71. The molecule has 2 amide bonds. The molecule has 1 unspecified atom stereocenters. The fraction of sp³-hybridized carbons (Fsp3) is 0.565. The lowest BCUT2D eigenvalue weighted by Crippen LogP contribution is -2.50. The number of rotatable bonds is 6. The highest BCUT2D eigenvalue weighted by Crippen LogP contribution is 2.19. The van der Waals surface area contributed by atoms with Gasteiger partial charge in [0, 0.05) is 32.0 Å². The summed E-state index contributed by atoms with van der Waals surface area (Å²) in [5.41, 5.74) is -0.0441. The number of ether oxygens (including phenoxy) is 1. The van der Waals surface area contributed by atoms with Crippen LogP contribution >= 0.6 is 0 Å². The summed E-state index contributed by atoms with van der Waals surface area (Å²) in [4.78, 5) is 46.2. The Bertz CT molecular complexity index is 979. The summed E-state index contributed by atoms with van der Waals surface area (Å²) in [5, 5.41) is 3.36. The van der Waals surface area contributed by atoms with Crippen molar-refractivity contribution in [2.75, 3.05) is 13.1 Å². The van der Waals surface area contributed by atoms with E-state index in [4.69, 9.17) is 4.74 Å². The van der Waals surface area contributed by atoms with Crippen molar-refractivity contribution < 1.29 is 14.3 Å². The van der Waals surface area contributed by atoms with Crippen LogP contribution in [0, 0.1) is 0 Å². The minimum absolute atomic E-state index is 0.0210. The molecule has 2 aromatic rings. The van der Waals surface area contributed by atoms with Gasteiger partial charge in [-0.25, -0.2) is 9.78 Å². The number of carbonyl (C=O) groups excluding carboxylic acids is 2. The number of para-hydroxylation sites is 1. The van der Waals surface area contributed by atoms with E-state index in [9.17, 15) is 14.4 Å². The van der Waals surface area contributed by atoms with E-state index >= 15 is 0 Å². The van der Waals surface area contributed by atoms with E-state index in [2.05, 4.69) is 15.3 Å². The maximum atomic E-state index is 12.8. The summed E-state index contributed by atoms with van der Waals surface area (Å²) in [6, 6.07) is 7.20. The second-order valence-corrected chi connectivity index (χ2v) is 9.00. The first-order valence-corrected chi connectivity index (χ1v) is 11.0. The number of amides is 2. The average molecular weight is 429 g/mol. The fourth-order valence-corrected chi connectivity index (χ4v) is 3.86. The summed E-state index contributed by atoms with van der Waals surface area (Å²) in [7, 11) is 0. The third-order valence-electron chi connectivity index (χ3n) is 5.29. The monoisotopic (exact) mass is 428 g/mol. The van der Waals surface area contributed by atoms with E-state index in [0.717, 1.165) is 19.3 Å². The second kappa shape index (κ2) is 9.94. The Morgan fingerprint density at radius 2 is 2.03 bits per heavy atom. The van der Waals surface area contributed by atoms with E-state index in [1.54, 1.807) is 6.07 Å². The molecule has 2 N–H and O–H groups in total. The number of H-pyrrole nitrogens is 1. The maximum Gasteiger partial charge on any atom is 0.407 e. The molecule has 1 atom stereocenters. The van der Waals surface area contributed by atoms with E-state index in [1.165, 1.54) is 0 Å². The standard InChI is InChI=1S/C23H32N4O4/c1-23(2,3)31-22(30)24-15-16-9-6-7-14-27(16)20(28)13-8-12-19-25-18-11-5-4-10-17(18)21(29)26-19/h4-5,10-11,16H,6-9,12-15H2,1-3H3,(H,24,30)(H,25,26,29). The van der Waals surface area contributed by atoms with Crippen LogP contribution in [0.15, 0.2) is 29.1 Å². The van der Waals surface area contributed by atoms with Crippen molar-refractivity contribution in [3.8, 4) is 0 Å². The first-order valence-electron chi connectivity index (χ1n) is 11.0. The zero-order valence-electron chi connectivity index (χ0n) is 18.6. The van der Waals surface area contributed by atoms with Crippen LogP contribution in [0.4, 0.5) is 4.79 Å². The van der Waals surface area contributed by atoms with Gasteiger partial charge < -0.3 is 19.9 Å². The number of aromatic nitrogens is 2. The van der Waals surface area contributed by atoms with E-state index in [1.807, 2.05) is 43.9 Å². The van der Waals surface area contributed by atoms with Gasteiger partial charge in [-0.3, -0.25) is 9.59 Å². The zero-order valence-corrected chi connectivity index (χ0v) is 18.6. The molecule has 0 bridgehead atoms. The molecule has 1 fully saturated rings. The highest BCUT2D eigenvalue weighted by Gasteiger charge is 2.27. The van der Waals surface area contributed by atoms with E-state index in [-0.39, 0.29) is 17.5 Å². The van der Waals surface area contributed by atoms with Crippen LogP contribution in [0.25, 0.3) is 10.9 Å². The van der Waals surface area contributed by atoms with Gasteiger partial charge >= 0.3 is 6.09 Å². The number of nitrogens with zero attached hydrogens (tertiary/aromatic N) is 2. The number of fused-ring (bicyclic) bond motifs is 1. The summed E-state index contributed by atoms with van der Waals surface area (Å²) in [6.07, 6.45) is 3.90. The summed E-state index contributed by atoms with van der Waals surface area (Å²) < 4.78 is 5.29. The van der Waals surface area contributed by atoms with Crippen LogP contribution in [0.5, 0.6) is 0 Å². The Morgan fingerprint density at radius 1 is 1.26 bits per heavy atom. The molecule has 3 rings (SSSR count). The predicted molar refractivity (Wildman–Crippen MR) is 119 cm³/mol. The molecule has 1 saturated heterocycles. The molecule has 0 spiro atoms. The Kier molecular flexibility index (Phi) is 7.30. The molecular weight excluding hydrogens is 396 g/mol. The summed E-state index contributed by atoms with van der Waals surface area (Å²) in [5.74, 6) is 0.664. The van der Waals surface area contributed by atoms with Crippen LogP contribution in [0.2, 0.25) is 0 Å². The third kappa shape index (κ3) is 6.54. The minimum Gasteiger partial charge on any atom is -0.444 e. The van der Waals surface area contributed by atoms with E-state index < -0.39 is 11.7 Å². The first-order chi connectivity index (χ1) is 14.7. The molecule has 1 aliphatic heterocycles.